The van der Waals surface area contributed by atoms with Crippen molar-refractivity contribution in [2.24, 2.45) is 0 Å². The van der Waals surface area contributed by atoms with E-state index in [9.17, 15) is 14.7 Å². The molecule has 2 aromatic rings. The van der Waals surface area contributed by atoms with E-state index in [4.69, 9.17) is 5.26 Å². The first-order valence-corrected chi connectivity index (χ1v) is 6.63. The molecule has 98 valence electrons. The molecule has 6 nitrogen and oxygen atoms in total. The Bertz CT molecular complexity index is 836. The maximum atomic E-state index is 12.2. The molecule has 0 aliphatic carbocycles. The topological polar surface area (TPSA) is 96.0 Å². The van der Waals surface area contributed by atoms with Crippen molar-refractivity contribution >= 4 is 17.7 Å². The monoisotopic (exact) mass is 285 g/mol. The lowest BCUT2D eigenvalue weighted by molar-refractivity contribution is 0.0933. The summed E-state index contributed by atoms with van der Waals surface area (Å²) >= 11 is 1.14. The van der Waals surface area contributed by atoms with Gasteiger partial charge >= 0.3 is 0 Å². The van der Waals surface area contributed by atoms with Crippen molar-refractivity contribution in [1.82, 2.24) is 9.55 Å². The van der Waals surface area contributed by atoms with E-state index in [1.54, 1.807) is 24.3 Å². The van der Waals surface area contributed by atoms with E-state index in [-0.39, 0.29) is 33.8 Å². The molecule has 0 unspecified atom stereocenters. The quantitative estimate of drug-likeness (QED) is 0.792. The Balaban J connectivity index is 2.37. The van der Waals surface area contributed by atoms with Gasteiger partial charge in [-0.05, 0) is 12.1 Å². The fourth-order valence-electron chi connectivity index (χ4n) is 1.98. The predicted octanol–water partition coefficient (Wildman–Crippen LogP) is 1.23. The van der Waals surface area contributed by atoms with Gasteiger partial charge in [0.05, 0.1) is 5.75 Å². The number of thioether (sulfide) groups is 1. The summed E-state index contributed by atoms with van der Waals surface area (Å²) in [7, 11) is 0. The van der Waals surface area contributed by atoms with E-state index in [2.05, 4.69) is 4.98 Å². The van der Waals surface area contributed by atoms with Crippen molar-refractivity contribution in [1.29, 1.82) is 5.26 Å². The van der Waals surface area contributed by atoms with E-state index in [1.807, 2.05) is 0 Å². The van der Waals surface area contributed by atoms with Gasteiger partial charge in [-0.3, -0.25) is 9.59 Å². The van der Waals surface area contributed by atoms with Gasteiger partial charge in [0.25, 0.3) is 5.56 Å². The first-order valence-electron chi connectivity index (χ1n) is 5.65. The molecule has 3 rings (SSSR count). The minimum absolute atomic E-state index is 0.0739. The highest BCUT2D eigenvalue weighted by molar-refractivity contribution is 8.00. The molecule has 0 radical (unpaired) electrons. The SMILES string of the molecule is N#Cc1c(-c2ccccc2O)nc2n(c1=O)C(=O)CS2. The van der Waals surface area contributed by atoms with Crippen LogP contribution in [0.5, 0.6) is 5.75 Å². The van der Waals surface area contributed by atoms with Crippen LogP contribution < -0.4 is 5.56 Å². The molecule has 0 fully saturated rings. The van der Waals surface area contributed by atoms with Crippen LogP contribution in [0.3, 0.4) is 0 Å². The second kappa shape index (κ2) is 4.51. The molecule has 0 saturated heterocycles. The number of aromatic hydroxyl groups is 1. The minimum atomic E-state index is -0.689. The van der Waals surface area contributed by atoms with Gasteiger partial charge in [-0.1, -0.05) is 23.9 Å². The van der Waals surface area contributed by atoms with E-state index >= 15 is 0 Å². The molecule has 0 spiro atoms. The minimum Gasteiger partial charge on any atom is -0.507 e. The molecule has 2 heterocycles. The zero-order chi connectivity index (χ0) is 14.3. The first kappa shape index (κ1) is 12.4. The van der Waals surface area contributed by atoms with Gasteiger partial charge in [0.15, 0.2) is 5.16 Å². The van der Waals surface area contributed by atoms with Crippen LogP contribution in [0.2, 0.25) is 0 Å². The Morgan fingerprint density at radius 2 is 2.10 bits per heavy atom. The Morgan fingerprint density at radius 1 is 1.35 bits per heavy atom. The molecule has 0 saturated carbocycles. The number of hydrogen-bond acceptors (Lipinski definition) is 6. The summed E-state index contributed by atoms with van der Waals surface area (Å²) in [5, 5.41) is 19.3. The van der Waals surface area contributed by atoms with Crippen LogP contribution in [0.25, 0.3) is 11.3 Å². The number of nitriles is 1. The summed E-state index contributed by atoms with van der Waals surface area (Å²) in [5.41, 5.74) is -0.537. The van der Waals surface area contributed by atoms with Crippen molar-refractivity contribution in [3.8, 4) is 23.1 Å². The van der Waals surface area contributed by atoms with Crippen molar-refractivity contribution < 1.29 is 9.90 Å². The van der Waals surface area contributed by atoms with Crippen molar-refractivity contribution in [3.05, 3.63) is 40.2 Å². The number of aromatic nitrogens is 2. The zero-order valence-electron chi connectivity index (χ0n) is 10.0. The maximum Gasteiger partial charge on any atom is 0.279 e. The molecule has 1 aromatic heterocycles. The van der Waals surface area contributed by atoms with Crippen LogP contribution in [0.1, 0.15) is 10.4 Å². The molecule has 7 heteroatoms. The van der Waals surface area contributed by atoms with Crippen LogP contribution in [0.4, 0.5) is 0 Å². The Hall–Kier alpha value is -2.59. The van der Waals surface area contributed by atoms with E-state index in [0.717, 1.165) is 16.3 Å². The van der Waals surface area contributed by atoms with Crippen LogP contribution >= 0.6 is 11.8 Å². The van der Waals surface area contributed by atoms with Gasteiger partial charge in [0.1, 0.15) is 23.1 Å². The number of carbonyl (C=O) groups is 1. The summed E-state index contributed by atoms with van der Waals surface area (Å²) in [5.74, 6) is -0.338. The molecule has 0 bridgehead atoms. The highest BCUT2D eigenvalue weighted by Crippen LogP contribution is 2.31. The summed E-state index contributed by atoms with van der Waals surface area (Å²) < 4.78 is 0.909. The molecular weight excluding hydrogens is 278 g/mol. The number of phenolic OH excluding ortho intramolecular Hbond substituents is 1. The van der Waals surface area contributed by atoms with Crippen LogP contribution in [0, 0.1) is 11.3 Å². The number of carbonyl (C=O) groups excluding carboxylic acids is 1. The lowest BCUT2D eigenvalue weighted by Gasteiger charge is -2.08. The third-order valence-electron chi connectivity index (χ3n) is 2.90. The summed E-state index contributed by atoms with van der Waals surface area (Å²) in [6.07, 6.45) is 0. The van der Waals surface area contributed by atoms with Crippen LogP contribution in [-0.4, -0.2) is 26.3 Å². The van der Waals surface area contributed by atoms with E-state index in [0.29, 0.717) is 5.56 Å². The van der Waals surface area contributed by atoms with E-state index < -0.39 is 5.56 Å². The maximum absolute atomic E-state index is 12.2. The summed E-state index contributed by atoms with van der Waals surface area (Å²) in [4.78, 5) is 28.0. The Morgan fingerprint density at radius 3 is 2.80 bits per heavy atom. The second-order valence-corrected chi connectivity index (χ2v) is 5.01. The third kappa shape index (κ3) is 1.70. The molecule has 0 atom stereocenters. The first-order chi connectivity index (χ1) is 9.63. The van der Waals surface area contributed by atoms with Gasteiger partial charge < -0.3 is 5.11 Å². The molecule has 0 amide bonds. The number of phenols is 1. The average Bonchev–Trinajstić information content (AvgIpc) is 2.81. The van der Waals surface area contributed by atoms with Crippen LogP contribution in [0.15, 0.2) is 34.2 Å². The number of para-hydroxylation sites is 1. The predicted molar refractivity (Wildman–Crippen MR) is 71.7 cm³/mol. The fraction of sp³-hybridized carbons (Fsp3) is 0.0769. The van der Waals surface area contributed by atoms with Gasteiger partial charge in [-0.2, -0.15) is 5.26 Å². The smallest absolute Gasteiger partial charge is 0.279 e. The fourth-order valence-corrected chi connectivity index (χ4v) is 2.83. The Kier molecular flexibility index (Phi) is 2.80. The largest absolute Gasteiger partial charge is 0.507 e. The number of nitrogens with zero attached hydrogens (tertiary/aromatic N) is 3. The molecule has 1 N–H and O–H groups in total. The molecule has 1 aromatic carbocycles. The molecule has 1 aliphatic rings. The van der Waals surface area contributed by atoms with Gasteiger partial charge in [-0.25, -0.2) is 9.55 Å². The lowest BCUT2D eigenvalue weighted by atomic mass is 10.1. The zero-order valence-corrected chi connectivity index (χ0v) is 10.8. The highest BCUT2D eigenvalue weighted by Gasteiger charge is 2.27. The Labute approximate surface area is 117 Å². The van der Waals surface area contributed by atoms with Crippen LogP contribution in [-0.2, 0) is 0 Å². The molecular formula is C13H7N3O3S. The number of hydrogen-bond donors (Lipinski definition) is 1. The van der Waals surface area contributed by atoms with Gasteiger partial charge in [0, 0.05) is 5.56 Å². The number of benzene rings is 1. The summed E-state index contributed by atoms with van der Waals surface area (Å²) in [6.45, 7) is 0. The van der Waals surface area contributed by atoms with Crippen molar-refractivity contribution in [2.75, 3.05) is 5.75 Å². The van der Waals surface area contributed by atoms with Crippen molar-refractivity contribution in [3.63, 3.8) is 0 Å². The standard InChI is InChI=1S/C13H7N3O3S/c14-5-8-11(7-3-1-2-4-9(7)17)15-13-16(12(8)19)10(18)6-20-13/h1-4,17H,6H2. The van der Waals surface area contributed by atoms with Crippen molar-refractivity contribution in [2.45, 2.75) is 5.16 Å². The average molecular weight is 285 g/mol. The number of fused-ring (bicyclic) bond motifs is 1. The van der Waals surface area contributed by atoms with E-state index in [1.165, 1.54) is 6.07 Å². The normalized spacial score (nSPS) is 13.1. The van der Waals surface area contributed by atoms with Gasteiger partial charge in [-0.15, -0.1) is 0 Å². The highest BCUT2D eigenvalue weighted by atomic mass is 32.2. The van der Waals surface area contributed by atoms with Gasteiger partial charge in [0.2, 0.25) is 5.91 Å². The molecule has 1 aliphatic heterocycles. The molecule has 20 heavy (non-hydrogen) atoms. The third-order valence-corrected chi connectivity index (χ3v) is 3.82. The second-order valence-electron chi connectivity index (χ2n) is 4.07. The lowest BCUT2D eigenvalue weighted by Crippen LogP contribution is -2.28. The summed E-state index contributed by atoms with van der Waals surface area (Å²) in [6, 6.07) is 8.08. The number of rotatable bonds is 1.